The van der Waals surface area contributed by atoms with Gasteiger partial charge in [0.15, 0.2) is 0 Å². The van der Waals surface area contributed by atoms with E-state index >= 15 is 0 Å². The van der Waals surface area contributed by atoms with Crippen LogP contribution in [0.2, 0.25) is 0 Å². The van der Waals surface area contributed by atoms with Crippen molar-refractivity contribution in [2.45, 2.75) is 11.9 Å². The van der Waals surface area contributed by atoms with Crippen LogP contribution >= 0.6 is 11.8 Å². The molecule has 0 amide bonds. The second kappa shape index (κ2) is 3.93. The molecule has 0 aromatic carbocycles. The van der Waals surface area contributed by atoms with Crippen molar-refractivity contribution in [3.63, 3.8) is 0 Å². The fourth-order valence-electron chi connectivity index (χ4n) is 1.15. The summed E-state index contributed by atoms with van der Waals surface area (Å²) in [6.07, 6.45) is 1.48. The first-order valence-electron chi connectivity index (χ1n) is 4.22. The van der Waals surface area contributed by atoms with E-state index in [9.17, 15) is 0 Å². The SMILES string of the molecule is Cc1cc(SCCO)n2ncnc2n1. The molecule has 0 unspecified atom stereocenters. The molecule has 14 heavy (non-hydrogen) atoms. The number of fused-ring (bicyclic) bond motifs is 1. The molecule has 0 atom stereocenters. The molecule has 2 heterocycles. The molecule has 0 bridgehead atoms. The lowest BCUT2D eigenvalue weighted by Gasteiger charge is -2.02. The molecule has 0 aliphatic heterocycles. The van der Waals surface area contributed by atoms with Gasteiger partial charge >= 0.3 is 0 Å². The Balaban J connectivity index is 2.44. The molecule has 0 fully saturated rings. The van der Waals surface area contributed by atoms with Gasteiger partial charge in [0.1, 0.15) is 11.4 Å². The van der Waals surface area contributed by atoms with Crippen molar-refractivity contribution in [3.8, 4) is 0 Å². The smallest absolute Gasteiger partial charge is 0.253 e. The summed E-state index contributed by atoms with van der Waals surface area (Å²) in [4.78, 5) is 8.23. The zero-order chi connectivity index (χ0) is 9.97. The normalized spacial score (nSPS) is 11.0. The molecule has 0 aliphatic rings. The highest BCUT2D eigenvalue weighted by molar-refractivity contribution is 7.99. The number of aliphatic hydroxyl groups is 1. The summed E-state index contributed by atoms with van der Waals surface area (Å²) in [5.74, 6) is 1.25. The average Bonchev–Trinajstić information content (AvgIpc) is 2.61. The monoisotopic (exact) mass is 210 g/mol. The van der Waals surface area contributed by atoms with E-state index in [1.165, 1.54) is 18.1 Å². The third-order valence-electron chi connectivity index (χ3n) is 1.69. The van der Waals surface area contributed by atoms with Gasteiger partial charge in [-0.2, -0.15) is 14.6 Å². The molecule has 2 aromatic heterocycles. The standard InChI is InChI=1S/C8H10N4OS/c1-6-4-7(14-3-2-13)12-8(11-6)9-5-10-12/h4-5,13H,2-3H2,1H3. The van der Waals surface area contributed by atoms with Crippen molar-refractivity contribution < 1.29 is 5.11 Å². The number of aryl methyl sites for hydroxylation is 1. The molecule has 6 heteroatoms. The molecule has 5 nitrogen and oxygen atoms in total. The van der Waals surface area contributed by atoms with Crippen LogP contribution in [-0.2, 0) is 0 Å². The van der Waals surface area contributed by atoms with Crippen molar-refractivity contribution >= 4 is 17.5 Å². The van der Waals surface area contributed by atoms with Crippen LogP contribution in [-0.4, -0.2) is 37.0 Å². The zero-order valence-corrected chi connectivity index (χ0v) is 8.53. The zero-order valence-electron chi connectivity index (χ0n) is 7.71. The summed E-state index contributed by atoms with van der Waals surface area (Å²) in [6.45, 7) is 2.07. The van der Waals surface area contributed by atoms with E-state index in [0.717, 1.165) is 10.7 Å². The molecule has 0 saturated heterocycles. The fourth-order valence-corrected chi connectivity index (χ4v) is 1.96. The lowest BCUT2D eigenvalue weighted by atomic mass is 10.5. The van der Waals surface area contributed by atoms with Crippen molar-refractivity contribution in [1.82, 2.24) is 19.6 Å². The van der Waals surface area contributed by atoms with Gasteiger partial charge in [-0.05, 0) is 13.0 Å². The van der Waals surface area contributed by atoms with Gasteiger partial charge in [0.25, 0.3) is 5.78 Å². The lowest BCUT2D eigenvalue weighted by Crippen LogP contribution is -1.98. The molecular weight excluding hydrogens is 200 g/mol. The maximum atomic E-state index is 8.74. The number of nitrogens with zero attached hydrogens (tertiary/aromatic N) is 4. The Morgan fingerprint density at radius 3 is 3.21 bits per heavy atom. The van der Waals surface area contributed by atoms with E-state index in [-0.39, 0.29) is 6.61 Å². The Hall–Kier alpha value is -1.14. The van der Waals surface area contributed by atoms with Crippen LogP contribution in [0.25, 0.3) is 5.78 Å². The van der Waals surface area contributed by atoms with E-state index in [4.69, 9.17) is 5.11 Å². The maximum Gasteiger partial charge on any atom is 0.253 e. The minimum atomic E-state index is 0.155. The molecule has 0 saturated carbocycles. The molecule has 1 N–H and O–H groups in total. The van der Waals surface area contributed by atoms with Crippen LogP contribution in [0.5, 0.6) is 0 Å². The third-order valence-corrected chi connectivity index (χ3v) is 2.66. The van der Waals surface area contributed by atoms with Gasteiger partial charge in [0.05, 0.1) is 6.61 Å². The average molecular weight is 210 g/mol. The summed E-state index contributed by atoms with van der Waals surface area (Å²) in [5.41, 5.74) is 0.908. The van der Waals surface area contributed by atoms with Gasteiger partial charge in [0.2, 0.25) is 0 Å². The number of aromatic nitrogens is 4. The summed E-state index contributed by atoms with van der Waals surface area (Å²) >= 11 is 1.54. The van der Waals surface area contributed by atoms with Crippen LogP contribution in [0.15, 0.2) is 17.4 Å². The summed E-state index contributed by atoms with van der Waals surface area (Å²) in [7, 11) is 0. The van der Waals surface area contributed by atoms with Gasteiger partial charge in [-0.15, -0.1) is 11.8 Å². The number of hydrogen-bond donors (Lipinski definition) is 1. The number of hydrogen-bond acceptors (Lipinski definition) is 5. The first-order chi connectivity index (χ1) is 6.81. The van der Waals surface area contributed by atoms with Crippen molar-refractivity contribution in [3.05, 3.63) is 18.1 Å². The van der Waals surface area contributed by atoms with E-state index in [1.54, 1.807) is 4.52 Å². The fraction of sp³-hybridized carbons (Fsp3) is 0.375. The first kappa shape index (κ1) is 9.42. The summed E-state index contributed by atoms with van der Waals surface area (Å²) in [6, 6.07) is 1.93. The van der Waals surface area contributed by atoms with E-state index < -0.39 is 0 Å². The Morgan fingerprint density at radius 2 is 2.43 bits per heavy atom. The molecule has 2 aromatic rings. The van der Waals surface area contributed by atoms with Gasteiger partial charge in [-0.25, -0.2) is 4.98 Å². The Morgan fingerprint density at radius 1 is 1.57 bits per heavy atom. The van der Waals surface area contributed by atoms with Crippen molar-refractivity contribution in [2.75, 3.05) is 12.4 Å². The quantitative estimate of drug-likeness (QED) is 0.591. The number of rotatable bonds is 3. The Labute approximate surface area is 85.2 Å². The van der Waals surface area contributed by atoms with E-state index in [1.807, 2.05) is 13.0 Å². The van der Waals surface area contributed by atoms with Crippen molar-refractivity contribution in [1.29, 1.82) is 0 Å². The summed E-state index contributed by atoms with van der Waals surface area (Å²) in [5, 5.41) is 13.7. The highest BCUT2D eigenvalue weighted by Gasteiger charge is 2.05. The van der Waals surface area contributed by atoms with Crippen LogP contribution in [0.3, 0.4) is 0 Å². The van der Waals surface area contributed by atoms with Gasteiger partial charge < -0.3 is 5.11 Å². The van der Waals surface area contributed by atoms with Gasteiger partial charge in [0, 0.05) is 11.4 Å². The number of aliphatic hydroxyl groups excluding tert-OH is 1. The van der Waals surface area contributed by atoms with E-state index in [2.05, 4.69) is 15.1 Å². The number of thioether (sulfide) groups is 1. The van der Waals surface area contributed by atoms with Crippen LogP contribution in [0.4, 0.5) is 0 Å². The second-order valence-corrected chi connectivity index (χ2v) is 3.89. The molecular formula is C8H10N4OS. The Bertz CT molecular complexity index is 442. The molecule has 0 spiro atoms. The Kier molecular flexibility index (Phi) is 2.64. The molecule has 0 radical (unpaired) electrons. The first-order valence-corrected chi connectivity index (χ1v) is 5.21. The predicted molar refractivity (Wildman–Crippen MR) is 53.3 cm³/mol. The maximum absolute atomic E-state index is 8.74. The highest BCUT2D eigenvalue weighted by Crippen LogP contribution is 2.17. The molecule has 0 aliphatic carbocycles. The minimum Gasteiger partial charge on any atom is -0.396 e. The van der Waals surface area contributed by atoms with Gasteiger partial charge in [-0.3, -0.25) is 0 Å². The topological polar surface area (TPSA) is 63.3 Å². The largest absolute Gasteiger partial charge is 0.396 e. The lowest BCUT2D eigenvalue weighted by molar-refractivity contribution is 0.322. The van der Waals surface area contributed by atoms with Crippen LogP contribution in [0, 0.1) is 6.92 Å². The van der Waals surface area contributed by atoms with E-state index in [0.29, 0.717) is 11.5 Å². The second-order valence-electron chi connectivity index (χ2n) is 2.78. The van der Waals surface area contributed by atoms with Gasteiger partial charge in [-0.1, -0.05) is 0 Å². The van der Waals surface area contributed by atoms with Crippen molar-refractivity contribution in [2.24, 2.45) is 0 Å². The summed E-state index contributed by atoms with van der Waals surface area (Å²) < 4.78 is 1.67. The molecule has 2 rings (SSSR count). The highest BCUT2D eigenvalue weighted by atomic mass is 32.2. The minimum absolute atomic E-state index is 0.155. The van der Waals surface area contributed by atoms with Crippen LogP contribution in [0.1, 0.15) is 5.69 Å². The molecule has 74 valence electrons. The van der Waals surface area contributed by atoms with Crippen LogP contribution < -0.4 is 0 Å². The third kappa shape index (κ3) is 1.71. The predicted octanol–water partition coefficient (Wildman–Crippen LogP) is 0.517.